The molecule has 0 spiro atoms. The van der Waals surface area contributed by atoms with E-state index in [0.717, 1.165) is 0 Å². The van der Waals surface area contributed by atoms with Gasteiger partial charge in [-0.15, -0.1) is 0 Å². The molecule has 80 valence electrons. The molecule has 15 heavy (non-hydrogen) atoms. The fraction of sp³-hybridized carbons (Fsp3) is 0.364. The van der Waals surface area contributed by atoms with E-state index < -0.39 is 17.5 Å². The number of benzene rings is 1. The predicted octanol–water partition coefficient (Wildman–Crippen LogP) is 1.38. The molecule has 4 heteroatoms. The first-order chi connectivity index (χ1) is 6.93. The van der Waals surface area contributed by atoms with Crippen LogP contribution in [0.5, 0.6) is 0 Å². The van der Waals surface area contributed by atoms with E-state index in [9.17, 15) is 14.3 Å². The van der Waals surface area contributed by atoms with E-state index >= 15 is 0 Å². The maximum absolute atomic E-state index is 13.5. The molecule has 0 bridgehead atoms. The van der Waals surface area contributed by atoms with Gasteiger partial charge in [0.15, 0.2) is 0 Å². The summed E-state index contributed by atoms with van der Waals surface area (Å²) in [5.74, 6) is -0.886. The van der Waals surface area contributed by atoms with E-state index in [0.29, 0.717) is 0 Å². The summed E-state index contributed by atoms with van der Waals surface area (Å²) in [4.78, 5) is 11.6. The number of hydrogen-bond donors (Lipinski definition) is 2. The SMILES string of the molecule is CC1(C)NC(=O)c2cccc(F)c2C1O. The molecular formula is C11H12FNO2. The number of aliphatic hydroxyl groups excluding tert-OH is 1. The van der Waals surface area contributed by atoms with E-state index in [2.05, 4.69) is 5.32 Å². The van der Waals surface area contributed by atoms with Gasteiger partial charge in [0.1, 0.15) is 11.9 Å². The highest BCUT2D eigenvalue weighted by atomic mass is 19.1. The molecule has 1 amide bonds. The molecule has 0 radical (unpaired) electrons. The molecular weight excluding hydrogens is 197 g/mol. The molecule has 3 nitrogen and oxygen atoms in total. The number of nitrogens with one attached hydrogen (secondary N) is 1. The van der Waals surface area contributed by atoms with Gasteiger partial charge in [-0.2, -0.15) is 0 Å². The summed E-state index contributed by atoms with van der Waals surface area (Å²) in [7, 11) is 0. The van der Waals surface area contributed by atoms with Crippen molar-refractivity contribution in [3.05, 3.63) is 35.1 Å². The van der Waals surface area contributed by atoms with Gasteiger partial charge in [-0.3, -0.25) is 4.79 Å². The lowest BCUT2D eigenvalue weighted by molar-refractivity contribution is 0.0525. The van der Waals surface area contributed by atoms with Crippen LogP contribution in [0.3, 0.4) is 0 Å². The zero-order valence-electron chi connectivity index (χ0n) is 8.54. The molecule has 1 aromatic rings. The molecule has 1 unspecified atom stereocenters. The third-order valence-corrected chi connectivity index (χ3v) is 2.69. The highest BCUT2D eigenvalue weighted by Gasteiger charge is 2.39. The Morgan fingerprint density at radius 3 is 2.80 bits per heavy atom. The number of carbonyl (C=O) groups is 1. The molecule has 0 saturated carbocycles. The highest BCUT2D eigenvalue weighted by Crippen LogP contribution is 2.34. The van der Waals surface area contributed by atoms with Crippen LogP contribution in [0.2, 0.25) is 0 Å². The summed E-state index contributed by atoms with van der Waals surface area (Å²) in [5.41, 5.74) is -0.542. The Balaban J connectivity index is 2.65. The lowest BCUT2D eigenvalue weighted by Crippen LogP contribution is -2.52. The Labute approximate surface area is 86.9 Å². The van der Waals surface area contributed by atoms with Gasteiger partial charge in [0, 0.05) is 11.1 Å². The number of amides is 1. The molecule has 0 aliphatic carbocycles. The first-order valence-electron chi connectivity index (χ1n) is 4.72. The molecule has 1 heterocycles. The molecule has 2 N–H and O–H groups in total. The standard InChI is InChI=1S/C11H12FNO2/c1-11(2)9(14)8-6(10(15)13-11)4-3-5-7(8)12/h3-5,9,14H,1-2H3,(H,13,15). The lowest BCUT2D eigenvalue weighted by Gasteiger charge is -2.37. The predicted molar refractivity (Wildman–Crippen MR) is 52.9 cm³/mol. The van der Waals surface area contributed by atoms with Crippen LogP contribution >= 0.6 is 0 Å². The number of hydrogen-bond acceptors (Lipinski definition) is 2. The van der Waals surface area contributed by atoms with Crippen LogP contribution in [0.4, 0.5) is 4.39 Å². The Morgan fingerprint density at radius 1 is 1.47 bits per heavy atom. The average Bonchev–Trinajstić information content (AvgIpc) is 2.14. The summed E-state index contributed by atoms with van der Waals surface area (Å²) in [5, 5.41) is 12.6. The van der Waals surface area contributed by atoms with Crippen LogP contribution in [0, 0.1) is 5.82 Å². The Bertz CT molecular complexity index is 429. The van der Waals surface area contributed by atoms with E-state index in [1.807, 2.05) is 0 Å². The van der Waals surface area contributed by atoms with Crippen LogP contribution in [0.1, 0.15) is 35.9 Å². The minimum Gasteiger partial charge on any atom is -0.386 e. The van der Waals surface area contributed by atoms with Gasteiger partial charge in [-0.05, 0) is 26.0 Å². The maximum Gasteiger partial charge on any atom is 0.252 e. The first kappa shape index (κ1) is 10.1. The minimum atomic E-state index is -1.02. The monoisotopic (exact) mass is 209 g/mol. The van der Waals surface area contributed by atoms with Crippen LogP contribution in [-0.4, -0.2) is 16.6 Å². The summed E-state index contributed by atoms with van der Waals surface area (Å²) in [6.07, 6.45) is -1.02. The zero-order chi connectivity index (χ0) is 11.2. The maximum atomic E-state index is 13.5. The van der Waals surface area contributed by atoms with Crippen molar-refractivity contribution < 1.29 is 14.3 Å². The fourth-order valence-electron chi connectivity index (χ4n) is 1.80. The summed E-state index contributed by atoms with van der Waals surface area (Å²) >= 11 is 0. The van der Waals surface area contributed by atoms with Crippen molar-refractivity contribution in [2.24, 2.45) is 0 Å². The number of fused-ring (bicyclic) bond motifs is 1. The fourth-order valence-corrected chi connectivity index (χ4v) is 1.80. The van der Waals surface area contributed by atoms with Gasteiger partial charge in [-0.25, -0.2) is 4.39 Å². The Kier molecular flexibility index (Phi) is 2.04. The quantitative estimate of drug-likeness (QED) is 0.678. The van der Waals surface area contributed by atoms with E-state index in [4.69, 9.17) is 0 Å². The smallest absolute Gasteiger partial charge is 0.252 e. The molecule has 1 aromatic carbocycles. The van der Waals surface area contributed by atoms with Gasteiger partial charge < -0.3 is 10.4 Å². The van der Waals surface area contributed by atoms with Crippen molar-refractivity contribution >= 4 is 5.91 Å². The zero-order valence-corrected chi connectivity index (χ0v) is 8.54. The van der Waals surface area contributed by atoms with Crippen LogP contribution in [0.25, 0.3) is 0 Å². The minimum absolute atomic E-state index is 0.0891. The van der Waals surface area contributed by atoms with E-state index in [1.54, 1.807) is 13.8 Å². The van der Waals surface area contributed by atoms with Crippen molar-refractivity contribution in [2.75, 3.05) is 0 Å². The van der Waals surface area contributed by atoms with Crippen LogP contribution < -0.4 is 5.32 Å². The van der Waals surface area contributed by atoms with Crippen LogP contribution in [-0.2, 0) is 0 Å². The molecule has 2 rings (SSSR count). The van der Waals surface area contributed by atoms with Crippen molar-refractivity contribution in [2.45, 2.75) is 25.5 Å². The van der Waals surface area contributed by atoms with E-state index in [-0.39, 0.29) is 17.0 Å². The number of halogens is 1. The van der Waals surface area contributed by atoms with Gasteiger partial charge in [0.05, 0.1) is 5.54 Å². The topological polar surface area (TPSA) is 49.3 Å². The number of carbonyl (C=O) groups excluding carboxylic acids is 1. The summed E-state index contributed by atoms with van der Waals surface area (Å²) in [6.45, 7) is 3.32. The first-order valence-corrected chi connectivity index (χ1v) is 4.72. The summed E-state index contributed by atoms with van der Waals surface area (Å²) < 4.78 is 13.5. The van der Waals surface area contributed by atoms with Gasteiger partial charge in [0.2, 0.25) is 0 Å². The molecule has 0 saturated heterocycles. The van der Waals surface area contributed by atoms with Crippen molar-refractivity contribution in [1.29, 1.82) is 0 Å². The normalized spacial score (nSPS) is 23.2. The second-order valence-corrected chi connectivity index (χ2v) is 4.28. The average molecular weight is 209 g/mol. The van der Waals surface area contributed by atoms with Crippen molar-refractivity contribution in [3.8, 4) is 0 Å². The molecule has 0 aromatic heterocycles. The molecule has 1 atom stereocenters. The highest BCUT2D eigenvalue weighted by molar-refractivity contribution is 5.97. The third-order valence-electron chi connectivity index (χ3n) is 2.69. The van der Waals surface area contributed by atoms with E-state index in [1.165, 1.54) is 18.2 Å². The molecule has 0 fully saturated rings. The largest absolute Gasteiger partial charge is 0.386 e. The lowest BCUT2D eigenvalue weighted by atomic mass is 9.84. The van der Waals surface area contributed by atoms with Gasteiger partial charge in [-0.1, -0.05) is 6.07 Å². The van der Waals surface area contributed by atoms with Crippen molar-refractivity contribution in [3.63, 3.8) is 0 Å². The number of rotatable bonds is 0. The second kappa shape index (κ2) is 3.03. The third kappa shape index (κ3) is 1.41. The summed E-state index contributed by atoms with van der Waals surface area (Å²) in [6, 6.07) is 4.21. The van der Waals surface area contributed by atoms with Crippen LogP contribution in [0.15, 0.2) is 18.2 Å². The molecule has 1 aliphatic heterocycles. The van der Waals surface area contributed by atoms with Crippen molar-refractivity contribution in [1.82, 2.24) is 5.32 Å². The van der Waals surface area contributed by atoms with Gasteiger partial charge in [0.25, 0.3) is 5.91 Å². The van der Waals surface area contributed by atoms with Gasteiger partial charge >= 0.3 is 0 Å². The Morgan fingerprint density at radius 2 is 2.13 bits per heavy atom. The Hall–Kier alpha value is -1.42. The second-order valence-electron chi connectivity index (χ2n) is 4.28. The molecule has 1 aliphatic rings. The number of aliphatic hydroxyl groups is 1.